The molecule has 0 aliphatic rings. The lowest BCUT2D eigenvalue weighted by molar-refractivity contribution is 1.66. The first-order valence-electron chi connectivity index (χ1n) is 3.01. The minimum absolute atomic E-state index is 1.07. The van der Waals surface area contributed by atoms with E-state index in [1.165, 1.54) is 6.20 Å². The molecule has 0 heterocycles. The largest absolute Gasteiger partial charge is 0.246 e. The van der Waals surface area contributed by atoms with E-state index in [2.05, 4.69) is 4.85 Å². The van der Waals surface area contributed by atoms with Gasteiger partial charge >= 0.3 is 0 Å². The molecule has 1 heteroatoms. The van der Waals surface area contributed by atoms with Gasteiger partial charge in [0.05, 0.1) is 6.57 Å². The summed E-state index contributed by atoms with van der Waals surface area (Å²) in [5.74, 6) is 0. The Morgan fingerprint density at radius 3 is 2.50 bits per heavy atom. The highest BCUT2D eigenvalue weighted by atomic mass is 14.6. The molecule has 0 unspecified atom stereocenters. The molecular weight excluding hydrogens is 122 g/mol. The van der Waals surface area contributed by atoms with E-state index in [4.69, 9.17) is 6.57 Å². The van der Waals surface area contributed by atoms with Crippen molar-refractivity contribution in [3.63, 3.8) is 0 Å². The molecule has 10 heavy (non-hydrogen) atoms. The molecule has 0 aliphatic heterocycles. The molecule has 0 aromatic heterocycles. The summed E-state index contributed by atoms with van der Waals surface area (Å²) in [7, 11) is 0. The second-order valence-corrected chi connectivity index (χ2v) is 1.86. The Hall–Kier alpha value is -1.55. The fourth-order valence-electron chi connectivity index (χ4n) is 0.687. The number of nitrogens with zero attached hydrogens (tertiary/aromatic N) is 1. The molecule has 1 rings (SSSR count). The van der Waals surface area contributed by atoms with Gasteiger partial charge in [-0.3, -0.25) is 0 Å². The van der Waals surface area contributed by atoms with Crippen molar-refractivity contribution in [2.45, 2.75) is 0 Å². The van der Waals surface area contributed by atoms with E-state index < -0.39 is 0 Å². The molecule has 0 aliphatic carbocycles. The summed E-state index contributed by atoms with van der Waals surface area (Å²) < 4.78 is 0. The maximum Gasteiger partial charge on any atom is 0.154 e. The average molecular weight is 129 g/mol. The number of rotatable bonds is 1. The second kappa shape index (κ2) is 3.47. The van der Waals surface area contributed by atoms with Crippen molar-refractivity contribution in [3.05, 3.63) is 53.5 Å². The van der Waals surface area contributed by atoms with E-state index >= 15 is 0 Å². The Kier molecular flexibility index (Phi) is 2.28. The van der Waals surface area contributed by atoms with Crippen LogP contribution in [-0.4, -0.2) is 0 Å². The summed E-state index contributed by atoms with van der Waals surface area (Å²) in [4.78, 5) is 3.10. The lowest BCUT2D eigenvalue weighted by atomic mass is 10.2. The molecule has 0 amide bonds. The van der Waals surface area contributed by atoms with Crippen LogP contribution in [-0.2, 0) is 0 Å². The number of benzene rings is 1. The average Bonchev–Trinajstić information content (AvgIpc) is 2.03. The monoisotopic (exact) mass is 129 g/mol. The summed E-state index contributed by atoms with van der Waals surface area (Å²) in [6, 6.07) is 9.77. The first kappa shape index (κ1) is 6.57. The van der Waals surface area contributed by atoms with Gasteiger partial charge in [-0.1, -0.05) is 36.4 Å². The van der Waals surface area contributed by atoms with Crippen molar-refractivity contribution in [1.82, 2.24) is 0 Å². The molecule has 48 valence electrons. The van der Waals surface area contributed by atoms with Gasteiger partial charge in [0.1, 0.15) is 0 Å². The molecule has 1 aromatic rings. The Morgan fingerprint density at radius 2 is 1.90 bits per heavy atom. The van der Waals surface area contributed by atoms with Gasteiger partial charge in [0.15, 0.2) is 6.20 Å². The summed E-state index contributed by atoms with van der Waals surface area (Å²) in [5, 5.41) is 0. The molecule has 0 atom stereocenters. The lowest BCUT2D eigenvalue weighted by Gasteiger charge is -1.86. The third-order valence-corrected chi connectivity index (χ3v) is 1.14. The van der Waals surface area contributed by atoms with Crippen LogP contribution in [0.15, 0.2) is 36.5 Å². The minimum atomic E-state index is 1.07. The predicted octanol–water partition coefficient (Wildman–Crippen LogP) is 2.58. The molecule has 1 aromatic carbocycles. The van der Waals surface area contributed by atoms with Crippen LogP contribution in [0.5, 0.6) is 0 Å². The number of hydrogen-bond donors (Lipinski definition) is 0. The van der Waals surface area contributed by atoms with E-state index in [1.54, 1.807) is 6.08 Å². The molecule has 0 saturated heterocycles. The minimum Gasteiger partial charge on any atom is -0.246 e. The topological polar surface area (TPSA) is 4.36 Å². The van der Waals surface area contributed by atoms with Gasteiger partial charge < -0.3 is 0 Å². The molecule has 0 radical (unpaired) electrons. The standard InChI is InChI=1S/C9H7N/c1-10-8-7-9-5-3-2-4-6-9/h2-8H. The van der Waals surface area contributed by atoms with Crippen LogP contribution in [0.1, 0.15) is 5.56 Å². The fourth-order valence-corrected chi connectivity index (χ4v) is 0.687. The first-order valence-corrected chi connectivity index (χ1v) is 3.01. The maximum absolute atomic E-state index is 6.49. The molecule has 0 fully saturated rings. The van der Waals surface area contributed by atoms with Gasteiger partial charge in [-0.15, -0.1) is 0 Å². The Morgan fingerprint density at radius 1 is 1.20 bits per heavy atom. The molecule has 1 nitrogen and oxygen atoms in total. The van der Waals surface area contributed by atoms with Crippen LogP contribution in [0.3, 0.4) is 0 Å². The highest BCUT2D eigenvalue weighted by Crippen LogP contribution is 2.00. The van der Waals surface area contributed by atoms with Crippen molar-refractivity contribution in [2.24, 2.45) is 0 Å². The third-order valence-electron chi connectivity index (χ3n) is 1.14. The van der Waals surface area contributed by atoms with Crippen LogP contribution in [0, 0.1) is 6.57 Å². The van der Waals surface area contributed by atoms with E-state index in [9.17, 15) is 0 Å². The molecule has 0 N–H and O–H groups in total. The fraction of sp³-hybridized carbons (Fsp3) is 0. The highest BCUT2D eigenvalue weighted by molar-refractivity contribution is 5.49. The Balaban J connectivity index is 2.79. The van der Waals surface area contributed by atoms with Gasteiger partial charge in [-0.05, 0) is 5.56 Å². The quantitative estimate of drug-likeness (QED) is 0.513. The van der Waals surface area contributed by atoms with Crippen molar-refractivity contribution >= 4 is 6.08 Å². The highest BCUT2D eigenvalue weighted by Gasteiger charge is 1.78. The molecule has 0 spiro atoms. The second-order valence-electron chi connectivity index (χ2n) is 1.86. The summed E-state index contributed by atoms with van der Waals surface area (Å²) >= 11 is 0. The zero-order chi connectivity index (χ0) is 7.23. The summed E-state index contributed by atoms with van der Waals surface area (Å²) in [5.41, 5.74) is 1.07. The van der Waals surface area contributed by atoms with E-state index in [0.717, 1.165) is 5.56 Å². The summed E-state index contributed by atoms with van der Waals surface area (Å²) in [6.07, 6.45) is 3.24. The normalized spacial score (nSPS) is 9.50. The molecule has 0 bridgehead atoms. The van der Waals surface area contributed by atoms with Gasteiger partial charge in [0, 0.05) is 0 Å². The molecular formula is C9H7N. The molecule has 0 saturated carbocycles. The lowest BCUT2D eigenvalue weighted by Crippen LogP contribution is -1.65. The van der Waals surface area contributed by atoms with Crippen LogP contribution in [0.25, 0.3) is 10.9 Å². The summed E-state index contributed by atoms with van der Waals surface area (Å²) in [6.45, 7) is 6.49. The van der Waals surface area contributed by atoms with Crippen molar-refractivity contribution in [1.29, 1.82) is 0 Å². The van der Waals surface area contributed by atoms with Gasteiger partial charge in [-0.25, -0.2) is 4.85 Å². The van der Waals surface area contributed by atoms with E-state index in [-0.39, 0.29) is 0 Å². The predicted molar refractivity (Wildman–Crippen MR) is 42.1 cm³/mol. The number of hydrogen-bond acceptors (Lipinski definition) is 0. The van der Waals surface area contributed by atoms with Crippen LogP contribution >= 0.6 is 0 Å². The first-order chi connectivity index (χ1) is 4.93. The van der Waals surface area contributed by atoms with Gasteiger partial charge in [0.2, 0.25) is 0 Å². The smallest absolute Gasteiger partial charge is 0.154 e. The van der Waals surface area contributed by atoms with Crippen LogP contribution < -0.4 is 0 Å². The third kappa shape index (κ3) is 1.75. The van der Waals surface area contributed by atoms with Gasteiger partial charge in [0.25, 0.3) is 0 Å². The zero-order valence-corrected chi connectivity index (χ0v) is 5.49. The SMILES string of the molecule is [C-]#[N+]C=Cc1ccccc1. The maximum atomic E-state index is 6.49. The van der Waals surface area contributed by atoms with Crippen LogP contribution in [0.2, 0.25) is 0 Å². The zero-order valence-electron chi connectivity index (χ0n) is 5.49. The van der Waals surface area contributed by atoms with E-state index in [1.807, 2.05) is 30.3 Å². The van der Waals surface area contributed by atoms with Gasteiger partial charge in [-0.2, -0.15) is 0 Å². The van der Waals surface area contributed by atoms with Crippen molar-refractivity contribution < 1.29 is 0 Å². The Bertz CT molecular complexity index is 254. The Labute approximate surface area is 60.4 Å². The van der Waals surface area contributed by atoms with Crippen molar-refractivity contribution in [3.8, 4) is 0 Å². The van der Waals surface area contributed by atoms with Crippen molar-refractivity contribution in [2.75, 3.05) is 0 Å². The van der Waals surface area contributed by atoms with Crippen LogP contribution in [0.4, 0.5) is 0 Å². The van der Waals surface area contributed by atoms with E-state index in [0.29, 0.717) is 0 Å².